The Bertz CT molecular complexity index is 1050. The number of aryl methyl sites for hydroxylation is 1. The van der Waals surface area contributed by atoms with Crippen LogP contribution in [0, 0.1) is 0 Å². The van der Waals surface area contributed by atoms with Gasteiger partial charge in [-0.15, -0.1) is 0 Å². The molecule has 3 aromatic rings. The summed E-state index contributed by atoms with van der Waals surface area (Å²) in [5, 5.41) is 11.8. The van der Waals surface area contributed by atoms with E-state index in [0.29, 0.717) is 13.1 Å². The van der Waals surface area contributed by atoms with Gasteiger partial charge in [0.25, 0.3) is 0 Å². The highest BCUT2D eigenvalue weighted by atomic mass is 32.2. The third-order valence-corrected chi connectivity index (χ3v) is 6.45. The molecule has 0 unspecified atom stereocenters. The first kappa shape index (κ1) is 17.7. The van der Waals surface area contributed by atoms with Gasteiger partial charge in [-0.1, -0.05) is 0 Å². The minimum atomic E-state index is -3.11. The van der Waals surface area contributed by atoms with Crippen LogP contribution in [0.2, 0.25) is 0 Å². The lowest BCUT2D eigenvalue weighted by Crippen LogP contribution is -2.51. The van der Waals surface area contributed by atoms with Crippen LogP contribution in [-0.2, 0) is 17.1 Å². The van der Waals surface area contributed by atoms with E-state index in [4.69, 9.17) is 0 Å². The molecule has 10 heteroatoms. The summed E-state index contributed by atoms with van der Waals surface area (Å²) in [5.74, 6) is 0.852. The Morgan fingerprint density at radius 1 is 1.19 bits per heavy atom. The largest absolute Gasteiger partial charge is 0.338 e. The Hall–Kier alpha value is -2.72. The molecule has 4 heterocycles. The van der Waals surface area contributed by atoms with Gasteiger partial charge in [-0.2, -0.15) is 14.5 Å². The number of anilines is 2. The number of nitrogens with zero attached hydrogens (tertiary/aromatic N) is 6. The second-order valence-electron chi connectivity index (χ2n) is 6.54. The standard InChI is InChI=1S/C17H21N7O2S/c1-3-27(25,26)23-11-16(12-23)24-9-14(7-20-24)13-4-5-18-17(6-13)21-15-8-19-22(2)10-15/h4-10,16H,3,11-12H2,1-2H3,(H,18,21). The lowest BCUT2D eigenvalue weighted by Gasteiger charge is -2.37. The van der Waals surface area contributed by atoms with E-state index in [-0.39, 0.29) is 11.8 Å². The van der Waals surface area contributed by atoms with Crippen LogP contribution in [0.25, 0.3) is 11.1 Å². The van der Waals surface area contributed by atoms with E-state index in [9.17, 15) is 8.42 Å². The Balaban J connectivity index is 1.47. The smallest absolute Gasteiger partial charge is 0.213 e. The maximum Gasteiger partial charge on any atom is 0.213 e. The summed E-state index contributed by atoms with van der Waals surface area (Å²) < 4.78 is 28.8. The Morgan fingerprint density at radius 2 is 2.00 bits per heavy atom. The van der Waals surface area contributed by atoms with Crippen molar-refractivity contribution in [2.75, 3.05) is 24.2 Å². The number of rotatable bonds is 6. The van der Waals surface area contributed by atoms with Gasteiger partial charge in [-0.25, -0.2) is 13.4 Å². The first-order chi connectivity index (χ1) is 12.9. The van der Waals surface area contributed by atoms with Crippen molar-refractivity contribution in [3.05, 3.63) is 43.1 Å². The van der Waals surface area contributed by atoms with Gasteiger partial charge in [0.1, 0.15) is 5.82 Å². The van der Waals surface area contributed by atoms with E-state index in [1.54, 1.807) is 30.2 Å². The van der Waals surface area contributed by atoms with Crippen LogP contribution in [0.3, 0.4) is 0 Å². The molecular weight excluding hydrogens is 366 g/mol. The predicted molar refractivity (Wildman–Crippen MR) is 102 cm³/mol. The molecule has 0 amide bonds. The zero-order valence-electron chi connectivity index (χ0n) is 15.1. The van der Waals surface area contributed by atoms with Crippen LogP contribution in [0.1, 0.15) is 13.0 Å². The van der Waals surface area contributed by atoms with E-state index in [1.165, 1.54) is 4.31 Å². The number of pyridine rings is 1. The van der Waals surface area contributed by atoms with Crippen LogP contribution < -0.4 is 5.32 Å². The molecule has 1 fully saturated rings. The molecular formula is C17H21N7O2S. The summed E-state index contributed by atoms with van der Waals surface area (Å²) in [4.78, 5) is 4.34. The van der Waals surface area contributed by atoms with Gasteiger partial charge in [0.2, 0.25) is 10.0 Å². The summed E-state index contributed by atoms with van der Waals surface area (Å²) >= 11 is 0. The van der Waals surface area contributed by atoms with E-state index < -0.39 is 10.0 Å². The maximum absolute atomic E-state index is 11.9. The Kier molecular flexibility index (Phi) is 4.44. The third-order valence-electron chi connectivity index (χ3n) is 4.63. The molecule has 0 bridgehead atoms. The van der Waals surface area contributed by atoms with Crippen molar-refractivity contribution in [1.82, 2.24) is 28.9 Å². The van der Waals surface area contributed by atoms with Crippen molar-refractivity contribution in [3.8, 4) is 11.1 Å². The average molecular weight is 387 g/mol. The molecule has 0 atom stereocenters. The predicted octanol–water partition coefficient (Wildman–Crippen LogP) is 1.63. The molecule has 27 heavy (non-hydrogen) atoms. The molecule has 4 rings (SSSR count). The molecule has 3 aromatic heterocycles. The number of sulfonamides is 1. The van der Waals surface area contributed by atoms with E-state index in [1.807, 2.05) is 36.3 Å². The van der Waals surface area contributed by atoms with Gasteiger partial charge >= 0.3 is 0 Å². The van der Waals surface area contributed by atoms with Gasteiger partial charge in [-0.05, 0) is 24.6 Å². The van der Waals surface area contributed by atoms with Crippen molar-refractivity contribution < 1.29 is 8.42 Å². The lowest BCUT2D eigenvalue weighted by molar-refractivity contribution is 0.191. The lowest BCUT2D eigenvalue weighted by atomic mass is 10.1. The van der Waals surface area contributed by atoms with Crippen LogP contribution in [-0.4, -0.2) is 56.1 Å². The monoisotopic (exact) mass is 387 g/mol. The van der Waals surface area contributed by atoms with Gasteiger partial charge in [0.15, 0.2) is 0 Å². The van der Waals surface area contributed by atoms with Crippen molar-refractivity contribution in [2.45, 2.75) is 13.0 Å². The van der Waals surface area contributed by atoms with Gasteiger partial charge < -0.3 is 5.32 Å². The third kappa shape index (κ3) is 3.58. The molecule has 1 N–H and O–H groups in total. The molecule has 0 saturated carbocycles. The number of hydrogen-bond acceptors (Lipinski definition) is 6. The average Bonchev–Trinajstić information content (AvgIpc) is 3.23. The zero-order valence-corrected chi connectivity index (χ0v) is 16.0. The first-order valence-electron chi connectivity index (χ1n) is 8.68. The molecule has 9 nitrogen and oxygen atoms in total. The molecule has 1 aliphatic heterocycles. The van der Waals surface area contributed by atoms with Crippen LogP contribution >= 0.6 is 0 Å². The minimum Gasteiger partial charge on any atom is -0.338 e. The number of hydrogen-bond donors (Lipinski definition) is 1. The quantitative estimate of drug-likeness (QED) is 0.690. The number of nitrogens with one attached hydrogen (secondary N) is 1. The second-order valence-corrected chi connectivity index (χ2v) is 8.80. The molecule has 0 spiro atoms. The van der Waals surface area contributed by atoms with E-state index in [0.717, 1.165) is 22.6 Å². The fourth-order valence-corrected chi connectivity index (χ4v) is 4.16. The summed E-state index contributed by atoms with van der Waals surface area (Å²) in [5.41, 5.74) is 2.81. The second kappa shape index (κ2) is 6.78. The minimum absolute atomic E-state index is 0.0786. The van der Waals surface area contributed by atoms with Gasteiger partial charge in [0, 0.05) is 44.3 Å². The first-order valence-corrected chi connectivity index (χ1v) is 10.3. The highest BCUT2D eigenvalue weighted by Crippen LogP contribution is 2.27. The van der Waals surface area contributed by atoms with Gasteiger partial charge in [-0.3, -0.25) is 9.36 Å². The van der Waals surface area contributed by atoms with Crippen molar-refractivity contribution in [1.29, 1.82) is 0 Å². The summed E-state index contributed by atoms with van der Waals surface area (Å²) in [6.45, 7) is 2.61. The highest BCUT2D eigenvalue weighted by molar-refractivity contribution is 7.89. The van der Waals surface area contributed by atoms with Crippen LogP contribution in [0.4, 0.5) is 11.5 Å². The number of aromatic nitrogens is 5. The molecule has 0 aromatic carbocycles. The van der Waals surface area contributed by atoms with E-state index >= 15 is 0 Å². The van der Waals surface area contributed by atoms with Crippen molar-refractivity contribution in [2.24, 2.45) is 7.05 Å². The molecule has 1 saturated heterocycles. The topological polar surface area (TPSA) is 97.9 Å². The maximum atomic E-state index is 11.9. The Labute approximate surface area is 157 Å². The van der Waals surface area contributed by atoms with Gasteiger partial charge in [0.05, 0.1) is 29.9 Å². The van der Waals surface area contributed by atoms with E-state index in [2.05, 4.69) is 20.5 Å². The fourth-order valence-electron chi connectivity index (χ4n) is 2.99. The summed E-state index contributed by atoms with van der Waals surface area (Å²) in [6, 6.07) is 3.95. The van der Waals surface area contributed by atoms with Crippen LogP contribution in [0.5, 0.6) is 0 Å². The van der Waals surface area contributed by atoms with Crippen molar-refractivity contribution in [3.63, 3.8) is 0 Å². The summed E-state index contributed by atoms with van der Waals surface area (Å²) in [6.07, 6.45) is 9.09. The Morgan fingerprint density at radius 3 is 2.70 bits per heavy atom. The zero-order chi connectivity index (χ0) is 19.0. The molecule has 0 aliphatic carbocycles. The summed E-state index contributed by atoms with van der Waals surface area (Å²) in [7, 11) is -1.25. The van der Waals surface area contributed by atoms with Crippen molar-refractivity contribution >= 4 is 21.5 Å². The normalized spacial score (nSPS) is 15.6. The SMILES string of the molecule is CCS(=O)(=O)N1CC(n2cc(-c3ccnc(Nc4cnn(C)c4)c3)cn2)C1. The highest BCUT2D eigenvalue weighted by Gasteiger charge is 2.36. The molecule has 1 aliphatic rings. The fraction of sp³-hybridized carbons (Fsp3) is 0.353. The van der Waals surface area contributed by atoms with Crippen LogP contribution in [0.15, 0.2) is 43.1 Å². The molecule has 142 valence electrons. The molecule has 0 radical (unpaired) electrons.